The number of aromatic hydroxyl groups is 2. The van der Waals surface area contributed by atoms with Crippen LogP contribution in [0.15, 0.2) is 65.8 Å². The number of ketones is 2. The van der Waals surface area contributed by atoms with Crippen LogP contribution in [0.25, 0.3) is 10.4 Å². The van der Waals surface area contributed by atoms with Gasteiger partial charge in [-0.1, -0.05) is 35.4 Å². The van der Waals surface area contributed by atoms with Crippen LogP contribution in [0.1, 0.15) is 54.2 Å². The lowest BCUT2D eigenvalue weighted by Crippen LogP contribution is -2.43. The molecule has 38 heavy (non-hydrogen) atoms. The molecule has 2 aliphatic rings. The molecule has 3 aromatic carbocycles. The minimum Gasteiger partial charge on any atom is -0.507 e. The van der Waals surface area contributed by atoms with Crippen LogP contribution in [0.3, 0.4) is 0 Å². The summed E-state index contributed by atoms with van der Waals surface area (Å²) in [5, 5.41) is 24.4. The average Bonchev–Trinajstić information content (AvgIpc) is 2.92. The van der Waals surface area contributed by atoms with E-state index in [0.717, 1.165) is 0 Å². The molecule has 11 nitrogen and oxygen atoms in total. The van der Waals surface area contributed by atoms with E-state index >= 15 is 0 Å². The zero-order valence-corrected chi connectivity index (χ0v) is 19.8. The zero-order chi connectivity index (χ0) is 26.8. The van der Waals surface area contributed by atoms with Crippen LogP contribution in [0.5, 0.6) is 11.5 Å². The number of benzene rings is 3. The number of azide groups is 1. The minimum atomic E-state index is -0.828. The number of fused-ring (bicyclic) bond motifs is 2. The number of phenolic OH excluding ortho intramolecular Hbond substituents is 2. The van der Waals surface area contributed by atoms with Crippen LogP contribution >= 0.6 is 0 Å². The van der Waals surface area contributed by atoms with Crippen LogP contribution < -0.4 is 0 Å². The molecular formula is C27H21N3O8. The van der Waals surface area contributed by atoms with Gasteiger partial charge in [0.15, 0.2) is 12.1 Å². The van der Waals surface area contributed by atoms with E-state index in [2.05, 4.69) is 10.0 Å². The van der Waals surface area contributed by atoms with Gasteiger partial charge in [-0.05, 0) is 41.4 Å². The molecule has 1 saturated heterocycles. The molecule has 1 fully saturated rings. The molecule has 2 N–H and O–H groups in total. The fourth-order valence-corrected chi connectivity index (χ4v) is 4.54. The lowest BCUT2D eigenvalue weighted by molar-refractivity contribution is -0.197. The largest absolute Gasteiger partial charge is 0.507 e. The van der Waals surface area contributed by atoms with Crippen molar-refractivity contribution in [2.24, 2.45) is 5.11 Å². The third kappa shape index (κ3) is 4.69. The molecule has 0 radical (unpaired) electrons. The SMILES string of the molecule is [N-]=[N+]=N[C@@H]1C[C@@H](OCc2cc(O)c3c(c2)C(=O)c2cccc(O)c2C3=O)OC[C@@H]1OC(=O)c1ccccc1. The van der Waals surface area contributed by atoms with Crippen LogP contribution in [-0.2, 0) is 20.8 Å². The summed E-state index contributed by atoms with van der Waals surface area (Å²) in [5.41, 5.74) is 9.45. The van der Waals surface area contributed by atoms with Gasteiger partial charge in [-0.2, -0.15) is 0 Å². The van der Waals surface area contributed by atoms with E-state index < -0.39 is 41.7 Å². The van der Waals surface area contributed by atoms with Crippen LogP contribution in [0, 0.1) is 0 Å². The maximum absolute atomic E-state index is 13.0. The highest BCUT2D eigenvalue weighted by Crippen LogP contribution is 2.37. The van der Waals surface area contributed by atoms with E-state index in [-0.39, 0.29) is 47.6 Å². The normalized spacial score (nSPS) is 20.2. The number of nitrogens with zero attached hydrogens (tertiary/aromatic N) is 3. The first-order valence-electron chi connectivity index (χ1n) is 11.7. The molecule has 0 spiro atoms. The molecule has 3 aromatic rings. The predicted molar refractivity (Wildman–Crippen MR) is 131 cm³/mol. The highest BCUT2D eigenvalue weighted by atomic mass is 16.7. The number of rotatable bonds is 6. The molecule has 1 aliphatic heterocycles. The highest BCUT2D eigenvalue weighted by molar-refractivity contribution is 6.30. The Labute approximate surface area is 215 Å². The molecule has 0 bridgehead atoms. The number of carbonyl (C=O) groups is 3. The third-order valence-electron chi connectivity index (χ3n) is 6.38. The first kappa shape index (κ1) is 25.0. The van der Waals surface area contributed by atoms with Gasteiger partial charge in [0, 0.05) is 22.5 Å². The second kappa shape index (κ2) is 10.3. The quantitative estimate of drug-likeness (QED) is 0.168. The number of phenols is 2. The lowest BCUT2D eigenvalue weighted by Gasteiger charge is -2.33. The van der Waals surface area contributed by atoms with Gasteiger partial charge in [-0.25, -0.2) is 4.79 Å². The Bertz CT molecular complexity index is 1480. The van der Waals surface area contributed by atoms with E-state index in [4.69, 9.17) is 19.7 Å². The Morgan fingerprint density at radius 1 is 1.00 bits per heavy atom. The van der Waals surface area contributed by atoms with E-state index in [1.165, 1.54) is 30.3 Å². The lowest BCUT2D eigenvalue weighted by atomic mass is 9.82. The summed E-state index contributed by atoms with van der Waals surface area (Å²) in [4.78, 5) is 41.2. The molecule has 0 unspecified atom stereocenters. The summed E-state index contributed by atoms with van der Waals surface area (Å²) in [6.45, 7) is -0.174. The van der Waals surface area contributed by atoms with Crippen LogP contribution in [0.2, 0.25) is 0 Å². The zero-order valence-electron chi connectivity index (χ0n) is 19.8. The van der Waals surface area contributed by atoms with Crippen molar-refractivity contribution in [3.8, 4) is 11.5 Å². The topological polar surface area (TPSA) is 168 Å². The van der Waals surface area contributed by atoms with Gasteiger partial charge in [-0.3, -0.25) is 9.59 Å². The number of carbonyl (C=O) groups excluding carboxylic acids is 3. The van der Waals surface area contributed by atoms with Gasteiger partial charge in [0.2, 0.25) is 5.78 Å². The molecule has 1 aliphatic carbocycles. The molecule has 0 aromatic heterocycles. The predicted octanol–water partition coefficient (Wildman–Crippen LogP) is 4.04. The van der Waals surface area contributed by atoms with E-state index in [1.807, 2.05) is 0 Å². The molecule has 3 atom stereocenters. The maximum Gasteiger partial charge on any atom is 0.338 e. The average molecular weight is 515 g/mol. The van der Waals surface area contributed by atoms with Crippen molar-refractivity contribution in [2.45, 2.75) is 31.5 Å². The molecule has 1 heterocycles. The van der Waals surface area contributed by atoms with Gasteiger partial charge in [0.25, 0.3) is 0 Å². The third-order valence-corrected chi connectivity index (χ3v) is 6.38. The second-order valence-electron chi connectivity index (χ2n) is 8.79. The Balaban J connectivity index is 1.28. The van der Waals surface area contributed by atoms with E-state index in [0.29, 0.717) is 11.1 Å². The van der Waals surface area contributed by atoms with E-state index in [1.54, 1.807) is 30.3 Å². The van der Waals surface area contributed by atoms with Gasteiger partial charge >= 0.3 is 5.97 Å². The number of esters is 1. The number of ether oxygens (including phenoxy) is 3. The molecule has 0 saturated carbocycles. The van der Waals surface area contributed by atoms with Gasteiger partial charge < -0.3 is 24.4 Å². The fourth-order valence-electron chi connectivity index (χ4n) is 4.54. The van der Waals surface area contributed by atoms with Crippen molar-refractivity contribution in [1.29, 1.82) is 0 Å². The first-order chi connectivity index (χ1) is 18.4. The summed E-state index contributed by atoms with van der Waals surface area (Å²) in [7, 11) is 0. The summed E-state index contributed by atoms with van der Waals surface area (Å²) in [6, 6.07) is 14.6. The summed E-state index contributed by atoms with van der Waals surface area (Å²) in [5.74, 6) is -2.49. The summed E-state index contributed by atoms with van der Waals surface area (Å²) in [6.07, 6.45) is -1.55. The van der Waals surface area contributed by atoms with Crippen molar-refractivity contribution in [3.05, 3.63) is 104 Å². The Morgan fingerprint density at radius 2 is 1.76 bits per heavy atom. The Hall–Kier alpha value is -4.70. The fraction of sp³-hybridized carbons (Fsp3) is 0.222. The second-order valence-corrected chi connectivity index (χ2v) is 8.79. The highest BCUT2D eigenvalue weighted by Gasteiger charge is 2.36. The molecular weight excluding hydrogens is 494 g/mol. The van der Waals surface area contributed by atoms with Crippen molar-refractivity contribution in [3.63, 3.8) is 0 Å². The van der Waals surface area contributed by atoms with Gasteiger partial charge in [0.05, 0.1) is 35.9 Å². The Kier molecular flexibility index (Phi) is 6.80. The standard InChI is InChI=1S/C27H21N3O8/c28-30-29-18-11-22(37-13-21(18)38-27(35)15-5-2-1-3-6-15)36-12-14-9-17-24(20(32)10-14)26(34)23-16(25(17)33)7-4-8-19(23)31/h1-10,18,21-22,31-32H,11-13H2/t18-,21+,22+/m1/s1. The minimum absolute atomic E-state index is 0.00360. The monoisotopic (exact) mass is 515 g/mol. The Morgan fingerprint density at radius 3 is 2.53 bits per heavy atom. The first-order valence-corrected chi connectivity index (χ1v) is 11.7. The molecule has 0 amide bonds. The van der Waals surface area contributed by atoms with Crippen LogP contribution in [0.4, 0.5) is 0 Å². The van der Waals surface area contributed by atoms with Crippen molar-refractivity contribution in [2.75, 3.05) is 6.61 Å². The number of hydrogen-bond donors (Lipinski definition) is 2. The smallest absolute Gasteiger partial charge is 0.338 e. The maximum atomic E-state index is 13.0. The van der Waals surface area contributed by atoms with E-state index in [9.17, 15) is 24.6 Å². The molecule has 11 heteroatoms. The number of hydrogen-bond acceptors (Lipinski definition) is 9. The molecule has 5 rings (SSSR count). The van der Waals surface area contributed by atoms with Gasteiger partial charge in [-0.15, -0.1) is 0 Å². The van der Waals surface area contributed by atoms with Crippen molar-refractivity contribution >= 4 is 17.5 Å². The summed E-state index contributed by atoms with van der Waals surface area (Å²) >= 11 is 0. The van der Waals surface area contributed by atoms with Gasteiger partial charge in [0.1, 0.15) is 17.6 Å². The van der Waals surface area contributed by atoms with Crippen molar-refractivity contribution < 1.29 is 38.8 Å². The van der Waals surface area contributed by atoms with Crippen LogP contribution in [-0.4, -0.2) is 52.8 Å². The summed E-state index contributed by atoms with van der Waals surface area (Å²) < 4.78 is 16.9. The van der Waals surface area contributed by atoms with Crippen molar-refractivity contribution in [1.82, 2.24) is 0 Å². The molecule has 192 valence electrons.